The van der Waals surface area contributed by atoms with Gasteiger partial charge < -0.3 is 4.90 Å². The Hall–Kier alpha value is -2.24. The van der Waals surface area contributed by atoms with Crippen LogP contribution >= 0.6 is 0 Å². The van der Waals surface area contributed by atoms with Crippen LogP contribution < -0.4 is 4.90 Å². The third-order valence-corrected chi connectivity index (χ3v) is 4.49. The molecule has 128 valence electrons. The molecule has 1 aliphatic carbocycles. The van der Waals surface area contributed by atoms with Crippen molar-refractivity contribution in [2.75, 3.05) is 11.4 Å². The van der Waals surface area contributed by atoms with Crippen molar-refractivity contribution in [3.8, 4) is 6.07 Å². The Labute approximate surface area is 133 Å². The molecule has 3 rings (SSSR count). The van der Waals surface area contributed by atoms with Gasteiger partial charge in [0.05, 0.1) is 23.5 Å². The standard InChI is InChI=1S/C15H11F6N3/c1-7(14(16,17)18)13-10-2-8(10)6-24(13)9-3-11(15(19,20)21)12(4-22)23-5-9/h3,5,8,10,13H,1-2,6H2/t8-,10-,13-/m0/s1. The van der Waals surface area contributed by atoms with Crippen LogP contribution in [0.3, 0.4) is 0 Å². The van der Waals surface area contributed by atoms with E-state index in [9.17, 15) is 26.3 Å². The van der Waals surface area contributed by atoms with Crippen molar-refractivity contribution < 1.29 is 26.3 Å². The van der Waals surface area contributed by atoms with Gasteiger partial charge in [0.15, 0.2) is 5.69 Å². The second-order valence-electron chi connectivity index (χ2n) is 5.98. The molecule has 1 aliphatic heterocycles. The van der Waals surface area contributed by atoms with Gasteiger partial charge in [-0.3, -0.25) is 0 Å². The molecule has 24 heavy (non-hydrogen) atoms. The summed E-state index contributed by atoms with van der Waals surface area (Å²) >= 11 is 0. The number of hydrogen-bond acceptors (Lipinski definition) is 3. The van der Waals surface area contributed by atoms with E-state index in [1.807, 2.05) is 0 Å². The van der Waals surface area contributed by atoms with Crippen molar-refractivity contribution in [3.63, 3.8) is 0 Å². The predicted molar refractivity (Wildman–Crippen MR) is 71.9 cm³/mol. The quantitative estimate of drug-likeness (QED) is 0.601. The smallest absolute Gasteiger partial charge is 0.363 e. The molecule has 3 atom stereocenters. The number of hydrogen-bond donors (Lipinski definition) is 0. The van der Waals surface area contributed by atoms with Crippen LogP contribution in [-0.2, 0) is 6.18 Å². The highest BCUT2D eigenvalue weighted by Crippen LogP contribution is 2.54. The number of pyridine rings is 1. The number of nitrogens with zero attached hydrogens (tertiary/aromatic N) is 3. The first-order valence-corrected chi connectivity index (χ1v) is 7.04. The van der Waals surface area contributed by atoms with Gasteiger partial charge in [0, 0.05) is 12.1 Å². The molecule has 9 heteroatoms. The van der Waals surface area contributed by atoms with Gasteiger partial charge in [-0.1, -0.05) is 6.58 Å². The highest BCUT2D eigenvalue weighted by molar-refractivity contribution is 5.55. The van der Waals surface area contributed by atoms with Gasteiger partial charge in [-0.15, -0.1) is 0 Å². The van der Waals surface area contributed by atoms with Gasteiger partial charge in [0.2, 0.25) is 0 Å². The van der Waals surface area contributed by atoms with E-state index < -0.39 is 35.2 Å². The second-order valence-corrected chi connectivity index (χ2v) is 5.98. The molecule has 0 unspecified atom stereocenters. The molecular formula is C15H11F6N3. The number of halogens is 6. The van der Waals surface area contributed by atoms with Crippen molar-refractivity contribution in [1.82, 2.24) is 4.98 Å². The third kappa shape index (κ3) is 2.70. The molecule has 2 fully saturated rings. The first kappa shape index (κ1) is 16.6. The zero-order valence-corrected chi connectivity index (χ0v) is 12.1. The number of rotatable bonds is 2. The van der Waals surface area contributed by atoms with E-state index in [0.717, 1.165) is 6.20 Å². The van der Waals surface area contributed by atoms with Crippen LogP contribution in [0.15, 0.2) is 24.4 Å². The van der Waals surface area contributed by atoms with E-state index in [1.54, 1.807) is 0 Å². The molecular weight excluding hydrogens is 336 g/mol. The van der Waals surface area contributed by atoms with Gasteiger partial charge in [0.25, 0.3) is 0 Å². The molecule has 1 saturated carbocycles. The van der Waals surface area contributed by atoms with E-state index in [0.29, 0.717) is 12.5 Å². The summed E-state index contributed by atoms with van der Waals surface area (Å²) in [5.74, 6) is -0.247. The summed E-state index contributed by atoms with van der Waals surface area (Å²) in [6.45, 7) is 3.32. The summed E-state index contributed by atoms with van der Waals surface area (Å²) in [6.07, 6.45) is -7.82. The maximum Gasteiger partial charge on any atom is 0.419 e. The highest BCUT2D eigenvalue weighted by atomic mass is 19.4. The molecule has 0 spiro atoms. The molecule has 1 saturated heterocycles. The lowest BCUT2D eigenvalue weighted by molar-refractivity contribution is -0.138. The Morgan fingerprint density at radius 1 is 1.29 bits per heavy atom. The van der Waals surface area contributed by atoms with Gasteiger partial charge in [-0.05, 0) is 24.3 Å². The Bertz CT molecular complexity index is 730. The maximum absolute atomic E-state index is 13.0. The van der Waals surface area contributed by atoms with Gasteiger partial charge in [0.1, 0.15) is 6.07 Å². The number of alkyl halides is 6. The molecule has 3 nitrogen and oxygen atoms in total. The van der Waals surface area contributed by atoms with E-state index in [-0.39, 0.29) is 24.1 Å². The van der Waals surface area contributed by atoms with Gasteiger partial charge in [-0.2, -0.15) is 31.6 Å². The molecule has 0 amide bonds. The van der Waals surface area contributed by atoms with E-state index in [4.69, 9.17) is 5.26 Å². The SMILES string of the molecule is C=C([C@H]1[C@H]2C[C@H]2CN1c1cnc(C#N)c(C(F)(F)F)c1)C(F)(F)F. The molecule has 0 bridgehead atoms. The summed E-state index contributed by atoms with van der Waals surface area (Å²) in [5.41, 5.74) is -3.10. The van der Waals surface area contributed by atoms with Crippen LogP contribution in [-0.4, -0.2) is 23.7 Å². The molecule has 1 aromatic rings. The molecule has 1 aromatic heterocycles. The molecule has 0 N–H and O–H groups in total. The lowest BCUT2D eigenvalue weighted by atomic mass is 10.0. The largest absolute Gasteiger partial charge is 0.419 e. The predicted octanol–water partition coefficient (Wildman–Crippen LogP) is 3.92. The number of fused-ring (bicyclic) bond motifs is 1. The Kier molecular flexibility index (Phi) is 3.55. The average Bonchev–Trinajstić information content (AvgIpc) is 3.15. The molecule has 0 radical (unpaired) electrons. The van der Waals surface area contributed by atoms with E-state index in [1.165, 1.54) is 11.0 Å². The Morgan fingerprint density at radius 2 is 1.96 bits per heavy atom. The van der Waals surface area contributed by atoms with Crippen molar-refractivity contribution in [3.05, 3.63) is 35.7 Å². The third-order valence-electron chi connectivity index (χ3n) is 4.49. The van der Waals surface area contributed by atoms with Crippen LogP contribution in [0.25, 0.3) is 0 Å². The number of nitriles is 1. The zero-order valence-electron chi connectivity index (χ0n) is 12.1. The van der Waals surface area contributed by atoms with Gasteiger partial charge in [-0.25, -0.2) is 4.98 Å². The molecule has 2 aliphatic rings. The number of anilines is 1. The van der Waals surface area contributed by atoms with Crippen molar-refractivity contribution in [2.24, 2.45) is 11.8 Å². The maximum atomic E-state index is 13.0. The second kappa shape index (κ2) is 5.13. The average molecular weight is 347 g/mol. The summed E-state index contributed by atoms with van der Waals surface area (Å²) in [6, 6.07) is 0.944. The minimum Gasteiger partial charge on any atom is -0.363 e. The normalized spacial score (nSPS) is 26.0. The van der Waals surface area contributed by atoms with Crippen molar-refractivity contribution >= 4 is 5.69 Å². The van der Waals surface area contributed by atoms with E-state index in [2.05, 4.69) is 11.6 Å². The van der Waals surface area contributed by atoms with Crippen LogP contribution in [0, 0.1) is 23.2 Å². The van der Waals surface area contributed by atoms with Crippen LogP contribution in [0.5, 0.6) is 0 Å². The van der Waals surface area contributed by atoms with Crippen LogP contribution in [0.2, 0.25) is 0 Å². The first-order valence-electron chi connectivity index (χ1n) is 7.04. The summed E-state index contributed by atoms with van der Waals surface area (Å²) in [7, 11) is 0. The minimum atomic E-state index is -4.81. The lowest BCUT2D eigenvalue weighted by Crippen LogP contribution is -2.39. The van der Waals surface area contributed by atoms with E-state index >= 15 is 0 Å². The minimum absolute atomic E-state index is 0.0130. The number of aromatic nitrogens is 1. The van der Waals surface area contributed by atoms with Crippen molar-refractivity contribution in [2.45, 2.75) is 24.8 Å². The fraction of sp³-hybridized carbons (Fsp3) is 0.467. The molecule has 2 heterocycles. The highest BCUT2D eigenvalue weighted by Gasteiger charge is 2.57. The monoisotopic (exact) mass is 347 g/mol. The van der Waals surface area contributed by atoms with Crippen LogP contribution in [0.4, 0.5) is 32.0 Å². The summed E-state index contributed by atoms with van der Waals surface area (Å²) in [4.78, 5) is 4.73. The Balaban J connectivity index is 2.00. The van der Waals surface area contributed by atoms with Crippen LogP contribution in [0.1, 0.15) is 17.7 Å². The fourth-order valence-corrected chi connectivity index (χ4v) is 3.26. The molecule has 0 aromatic carbocycles. The Morgan fingerprint density at radius 3 is 2.50 bits per heavy atom. The zero-order chi connectivity index (χ0) is 17.9. The summed E-state index contributed by atoms with van der Waals surface area (Å²) in [5, 5.41) is 8.75. The fourth-order valence-electron chi connectivity index (χ4n) is 3.26. The lowest BCUT2D eigenvalue weighted by Gasteiger charge is -2.32. The van der Waals surface area contributed by atoms with Crippen molar-refractivity contribution in [1.29, 1.82) is 5.26 Å². The van der Waals surface area contributed by atoms with Gasteiger partial charge >= 0.3 is 12.4 Å². The number of piperidine rings is 1. The summed E-state index contributed by atoms with van der Waals surface area (Å²) < 4.78 is 78.1. The topological polar surface area (TPSA) is 39.9 Å². The first-order chi connectivity index (χ1) is 11.0.